The van der Waals surface area contributed by atoms with Crippen molar-refractivity contribution in [2.24, 2.45) is 0 Å². The second-order valence-electron chi connectivity index (χ2n) is 8.28. The largest absolute Gasteiger partial charge is 0.465 e. The topological polar surface area (TPSA) is 91.0 Å². The van der Waals surface area contributed by atoms with Crippen molar-refractivity contribution >= 4 is 46.5 Å². The summed E-state index contributed by atoms with van der Waals surface area (Å²) >= 11 is 5.34. The van der Waals surface area contributed by atoms with Crippen molar-refractivity contribution in [3.8, 4) is 0 Å². The smallest absolute Gasteiger partial charge is 0.337 e. The van der Waals surface area contributed by atoms with E-state index in [0.29, 0.717) is 43.0 Å². The van der Waals surface area contributed by atoms with E-state index in [-0.39, 0.29) is 16.6 Å². The van der Waals surface area contributed by atoms with Gasteiger partial charge in [0, 0.05) is 37.3 Å². The number of piperazine rings is 1. The molecule has 1 aliphatic rings. The van der Waals surface area contributed by atoms with Gasteiger partial charge in [0.05, 0.1) is 24.0 Å². The average Bonchev–Trinajstić information content (AvgIpc) is 2.93. The molecule has 0 atom stereocenters. The molecule has 0 radical (unpaired) electrons. The number of methoxy groups -OCH3 is 1. The molecule has 190 valence electrons. The van der Waals surface area contributed by atoms with E-state index in [4.69, 9.17) is 17.0 Å². The Morgan fingerprint density at radius 3 is 2.16 bits per heavy atom. The first-order chi connectivity index (χ1) is 17.9. The van der Waals surface area contributed by atoms with Gasteiger partial charge in [-0.15, -0.1) is 0 Å². The maximum atomic E-state index is 13.2. The molecule has 1 heterocycles. The van der Waals surface area contributed by atoms with E-state index in [1.165, 1.54) is 31.4 Å². The summed E-state index contributed by atoms with van der Waals surface area (Å²) in [7, 11) is 1.29. The van der Waals surface area contributed by atoms with Crippen LogP contribution in [0.3, 0.4) is 0 Å². The Kier molecular flexibility index (Phi) is 8.09. The lowest BCUT2D eigenvalue weighted by molar-refractivity contribution is 0.0600. The second-order valence-corrected chi connectivity index (χ2v) is 8.69. The average molecular weight is 521 g/mol. The summed E-state index contributed by atoms with van der Waals surface area (Å²) in [6, 6.07) is 19.2. The van der Waals surface area contributed by atoms with Gasteiger partial charge in [0.25, 0.3) is 11.8 Å². The molecule has 0 saturated carbocycles. The summed E-state index contributed by atoms with van der Waals surface area (Å²) in [4.78, 5) is 41.3. The number of hydrogen-bond acceptors (Lipinski definition) is 6. The molecule has 3 aromatic rings. The van der Waals surface area contributed by atoms with Crippen molar-refractivity contribution in [1.29, 1.82) is 0 Å². The number of carbonyl (C=O) groups is 3. The molecule has 1 saturated heterocycles. The van der Waals surface area contributed by atoms with Crippen LogP contribution in [0, 0.1) is 5.82 Å². The van der Waals surface area contributed by atoms with E-state index in [2.05, 4.69) is 15.5 Å². The maximum absolute atomic E-state index is 13.2. The van der Waals surface area contributed by atoms with Crippen LogP contribution in [-0.2, 0) is 4.74 Å². The van der Waals surface area contributed by atoms with Gasteiger partial charge in [-0.05, 0) is 66.8 Å². The minimum Gasteiger partial charge on any atom is -0.465 e. The summed E-state index contributed by atoms with van der Waals surface area (Å²) in [5.74, 6) is -1.50. The van der Waals surface area contributed by atoms with Gasteiger partial charge in [-0.1, -0.05) is 18.2 Å². The molecule has 3 aromatic carbocycles. The van der Waals surface area contributed by atoms with Crippen LogP contribution >= 0.6 is 12.2 Å². The first-order valence-corrected chi connectivity index (χ1v) is 12.0. The number of rotatable bonds is 5. The Bertz CT molecular complexity index is 1310. The van der Waals surface area contributed by atoms with Gasteiger partial charge >= 0.3 is 5.97 Å². The molecular formula is C27H25FN4O4S. The highest BCUT2D eigenvalue weighted by Gasteiger charge is 2.24. The minimum atomic E-state index is -0.519. The SMILES string of the molecule is COC(=O)c1ccc(N2CCN(C(=O)c3ccccc3)CC2)c(NC(=S)NC(=O)c2ccc(F)cc2)c1. The van der Waals surface area contributed by atoms with Gasteiger partial charge < -0.3 is 19.9 Å². The molecule has 0 aromatic heterocycles. The minimum absolute atomic E-state index is 0.00971. The van der Waals surface area contributed by atoms with E-state index in [1.807, 2.05) is 18.2 Å². The lowest BCUT2D eigenvalue weighted by Gasteiger charge is -2.37. The van der Waals surface area contributed by atoms with Crippen LogP contribution in [0.5, 0.6) is 0 Å². The molecule has 37 heavy (non-hydrogen) atoms. The van der Waals surface area contributed by atoms with E-state index < -0.39 is 17.7 Å². The van der Waals surface area contributed by atoms with Crippen molar-refractivity contribution in [1.82, 2.24) is 10.2 Å². The second kappa shape index (κ2) is 11.6. The predicted molar refractivity (Wildman–Crippen MR) is 142 cm³/mol. The van der Waals surface area contributed by atoms with Crippen molar-refractivity contribution in [2.75, 3.05) is 43.5 Å². The summed E-state index contributed by atoms with van der Waals surface area (Å²) in [5.41, 5.74) is 2.43. The number of nitrogens with one attached hydrogen (secondary N) is 2. The monoisotopic (exact) mass is 520 g/mol. The Balaban J connectivity index is 1.48. The Hall–Kier alpha value is -4.31. The highest BCUT2D eigenvalue weighted by atomic mass is 32.1. The van der Waals surface area contributed by atoms with E-state index in [1.54, 1.807) is 35.2 Å². The number of ether oxygens (including phenoxy) is 1. The van der Waals surface area contributed by atoms with Crippen LogP contribution < -0.4 is 15.5 Å². The third kappa shape index (κ3) is 6.28. The van der Waals surface area contributed by atoms with Crippen LogP contribution in [0.2, 0.25) is 0 Å². The van der Waals surface area contributed by atoms with Crippen molar-refractivity contribution in [2.45, 2.75) is 0 Å². The number of halogens is 1. The zero-order valence-corrected chi connectivity index (χ0v) is 20.9. The first-order valence-electron chi connectivity index (χ1n) is 11.6. The van der Waals surface area contributed by atoms with Gasteiger partial charge in [-0.25, -0.2) is 9.18 Å². The van der Waals surface area contributed by atoms with Gasteiger partial charge in [-0.3, -0.25) is 14.9 Å². The normalized spacial score (nSPS) is 13.0. The third-order valence-corrected chi connectivity index (χ3v) is 6.13. The molecule has 0 aliphatic carbocycles. The number of hydrogen-bond donors (Lipinski definition) is 2. The number of benzene rings is 3. The zero-order valence-electron chi connectivity index (χ0n) is 20.1. The summed E-state index contributed by atoms with van der Waals surface area (Å²) in [6.45, 7) is 2.13. The molecule has 8 nitrogen and oxygen atoms in total. The fraction of sp³-hybridized carbons (Fsp3) is 0.185. The van der Waals surface area contributed by atoms with E-state index in [9.17, 15) is 18.8 Å². The van der Waals surface area contributed by atoms with Crippen LogP contribution in [0.25, 0.3) is 0 Å². The van der Waals surface area contributed by atoms with Gasteiger partial charge in [0.2, 0.25) is 0 Å². The summed E-state index contributed by atoms with van der Waals surface area (Å²) < 4.78 is 18.0. The number of esters is 1. The molecular weight excluding hydrogens is 495 g/mol. The lowest BCUT2D eigenvalue weighted by Crippen LogP contribution is -2.49. The molecule has 4 rings (SSSR count). The number of carbonyl (C=O) groups excluding carboxylic acids is 3. The third-order valence-electron chi connectivity index (χ3n) is 5.93. The van der Waals surface area contributed by atoms with Crippen molar-refractivity contribution in [3.63, 3.8) is 0 Å². The number of thiocarbonyl (C=S) groups is 1. The van der Waals surface area contributed by atoms with E-state index >= 15 is 0 Å². The Morgan fingerprint density at radius 2 is 1.51 bits per heavy atom. The lowest BCUT2D eigenvalue weighted by atomic mass is 10.1. The quantitative estimate of drug-likeness (QED) is 0.392. The van der Waals surface area contributed by atoms with Gasteiger partial charge in [-0.2, -0.15) is 0 Å². The van der Waals surface area contributed by atoms with Crippen LogP contribution in [-0.4, -0.2) is 61.1 Å². The Morgan fingerprint density at radius 1 is 0.865 bits per heavy atom. The number of anilines is 2. The van der Waals surface area contributed by atoms with Crippen molar-refractivity contribution in [3.05, 3.63) is 95.3 Å². The van der Waals surface area contributed by atoms with Crippen LogP contribution in [0.1, 0.15) is 31.1 Å². The molecule has 10 heteroatoms. The van der Waals surface area contributed by atoms with Gasteiger partial charge in [0.1, 0.15) is 5.82 Å². The molecule has 2 N–H and O–H groups in total. The molecule has 2 amide bonds. The van der Waals surface area contributed by atoms with Crippen molar-refractivity contribution < 1.29 is 23.5 Å². The molecule has 1 aliphatic heterocycles. The Labute approximate surface area is 219 Å². The summed E-state index contributed by atoms with van der Waals surface area (Å²) in [5, 5.41) is 5.57. The van der Waals surface area contributed by atoms with Gasteiger partial charge in [0.15, 0.2) is 5.11 Å². The zero-order chi connectivity index (χ0) is 26.4. The molecule has 0 spiro atoms. The summed E-state index contributed by atoms with van der Waals surface area (Å²) in [6.07, 6.45) is 0. The standard InChI is InChI=1S/C27H25FN4O4S/c1-36-26(35)20-9-12-23(31-13-15-32(16-14-31)25(34)19-5-3-2-4-6-19)22(17-20)29-27(37)30-24(33)18-7-10-21(28)11-8-18/h2-12,17H,13-16H2,1H3,(H2,29,30,33,37). The number of nitrogens with zero attached hydrogens (tertiary/aromatic N) is 2. The van der Waals surface area contributed by atoms with Crippen LogP contribution in [0.4, 0.5) is 15.8 Å². The predicted octanol–water partition coefficient (Wildman–Crippen LogP) is 3.70. The molecule has 1 fully saturated rings. The van der Waals surface area contributed by atoms with Crippen LogP contribution in [0.15, 0.2) is 72.8 Å². The molecule has 0 bridgehead atoms. The van der Waals surface area contributed by atoms with E-state index in [0.717, 1.165) is 5.69 Å². The maximum Gasteiger partial charge on any atom is 0.337 e. The highest BCUT2D eigenvalue weighted by molar-refractivity contribution is 7.80. The number of amides is 2. The fourth-order valence-corrected chi connectivity index (χ4v) is 4.20. The fourth-order valence-electron chi connectivity index (χ4n) is 4.00. The highest BCUT2D eigenvalue weighted by Crippen LogP contribution is 2.29. The first kappa shape index (κ1) is 25.8. The molecule has 0 unspecified atom stereocenters.